The first-order chi connectivity index (χ1) is 20.6. The number of nitrogen functional groups attached to an aromatic ring is 1. The first kappa shape index (κ1) is 35.1. The zero-order chi connectivity index (χ0) is 33.1. The Bertz CT molecular complexity index is 1390. The van der Waals surface area contributed by atoms with Crippen molar-refractivity contribution in [2.75, 3.05) is 32.9 Å². The number of amidine groups is 2. The van der Waals surface area contributed by atoms with Gasteiger partial charge >= 0.3 is 29.9 Å². The van der Waals surface area contributed by atoms with Crippen LogP contribution in [0.15, 0.2) is 42.5 Å². The molecule has 11 nitrogen and oxygen atoms in total. The monoisotopic (exact) mass is 629 g/mol. The lowest BCUT2D eigenvalue weighted by molar-refractivity contribution is -0.193. The van der Waals surface area contributed by atoms with Crippen molar-refractivity contribution in [1.82, 2.24) is 4.90 Å². The summed E-state index contributed by atoms with van der Waals surface area (Å²) in [5.74, 6) is -6.34. The fraction of sp³-hybridized carbons (Fsp3) is 0.333. The summed E-state index contributed by atoms with van der Waals surface area (Å²) in [6.45, 7) is 1.66. The molecule has 3 rings (SSSR count). The Kier molecular flexibility index (Phi) is 12.2. The lowest BCUT2D eigenvalue weighted by Gasteiger charge is -2.18. The Morgan fingerprint density at radius 3 is 1.84 bits per heavy atom. The number of carbonyl (C=O) groups is 3. The minimum absolute atomic E-state index is 0.00777. The van der Waals surface area contributed by atoms with Gasteiger partial charge in [-0.2, -0.15) is 31.6 Å². The zero-order valence-corrected chi connectivity index (χ0v) is 22.7. The Morgan fingerprint density at radius 1 is 0.818 bits per heavy atom. The molecule has 44 heavy (non-hydrogen) atoms. The van der Waals surface area contributed by atoms with Crippen LogP contribution in [0.4, 0.5) is 26.3 Å². The van der Waals surface area contributed by atoms with Crippen molar-refractivity contribution in [3.05, 3.63) is 59.2 Å². The molecule has 1 heterocycles. The van der Waals surface area contributed by atoms with E-state index in [4.69, 9.17) is 36.0 Å². The summed E-state index contributed by atoms with van der Waals surface area (Å²) in [5.41, 5.74) is 7.11. The molecule has 2 aromatic carbocycles. The van der Waals surface area contributed by atoms with Crippen molar-refractivity contribution >= 4 is 29.2 Å². The zero-order valence-electron chi connectivity index (χ0n) is 22.7. The molecule has 0 aromatic heterocycles. The number of ether oxygens (including phenoxy) is 3. The molecule has 236 valence electrons. The van der Waals surface area contributed by atoms with Crippen LogP contribution in [-0.4, -0.2) is 79.4 Å². The fourth-order valence-electron chi connectivity index (χ4n) is 3.53. The molecule has 0 aliphatic carbocycles. The fourth-order valence-corrected chi connectivity index (χ4v) is 3.53. The summed E-state index contributed by atoms with van der Waals surface area (Å²) in [6.07, 6.45) is -9.35. The first-order valence-electron chi connectivity index (χ1n) is 12.5. The third kappa shape index (κ3) is 10.3. The van der Waals surface area contributed by atoms with Gasteiger partial charge in [-0.15, -0.1) is 0 Å². The Morgan fingerprint density at radius 2 is 1.34 bits per heavy atom. The van der Waals surface area contributed by atoms with Crippen LogP contribution in [0.3, 0.4) is 0 Å². The highest BCUT2D eigenvalue weighted by molar-refractivity contribution is 6.41. The van der Waals surface area contributed by atoms with E-state index in [2.05, 4.69) is 0 Å². The number of halogens is 6. The van der Waals surface area contributed by atoms with Crippen LogP contribution < -0.4 is 15.2 Å². The van der Waals surface area contributed by atoms with Crippen LogP contribution in [0.1, 0.15) is 34.3 Å². The molecule has 0 saturated carbocycles. The number of Topliss-reactive ketones (excluding diaryl/α,β-unsaturated/α-hetero) is 2. The predicted octanol–water partition coefficient (Wildman–Crippen LogP) is 3.78. The number of nitrogens with two attached hydrogens (primary N) is 1. The van der Waals surface area contributed by atoms with Gasteiger partial charge < -0.3 is 24.8 Å². The summed E-state index contributed by atoms with van der Waals surface area (Å²) in [6, 6.07) is 13.4. The smallest absolute Gasteiger partial charge is 0.458 e. The number of benzene rings is 2. The molecule has 0 amide bonds. The van der Waals surface area contributed by atoms with Gasteiger partial charge in [0.25, 0.3) is 0 Å². The lowest BCUT2D eigenvalue weighted by Crippen LogP contribution is -2.39. The van der Waals surface area contributed by atoms with E-state index in [1.54, 1.807) is 36.4 Å². The third-order valence-electron chi connectivity index (χ3n) is 5.66. The van der Waals surface area contributed by atoms with Crippen molar-refractivity contribution in [1.29, 1.82) is 16.1 Å². The van der Waals surface area contributed by atoms with E-state index in [9.17, 15) is 40.7 Å². The number of esters is 1. The maximum absolute atomic E-state index is 12.3. The molecule has 0 unspecified atom stereocenters. The number of ketones is 2. The van der Waals surface area contributed by atoms with Crippen LogP contribution in [0, 0.1) is 22.1 Å². The minimum Gasteiger partial charge on any atom is -0.486 e. The van der Waals surface area contributed by atoms with Crippen molar-refractivity contribution in [3.63, 3.8) is 0 Å². The summed E-state index contributed by atoms with van der Waals surface area (Å²) < 4.78 is 83.1. The second-order valence-corrected chi connectivity index (χ2v) is 8.78. The van der Waals surface area contributed by atoms with E-state index >= 15 is 0 Å². The van der Waals surface area contributed by atoms with Gasteiger partial charge in [-0.3, -0.25) is 20.4 Å². The number of likely N-dealkylation sites (tertiary alicyclic amines) is 1. The van der Waals surface area contributed by atoms with E-state index in [1.165, 1.54) is 6.07 Å². The third-order valence-corrected chi connectivity index (χ3v) is 5.66. The molecule has 1 fully saturated rings. The van der Waals surface area contributed by atoms with Gasteiger partial charge in [-0.25, -0.2) is 4.79 Å². The topological polar surface area (TPSA) is 180 Å². The van der Waals surface area contributed by atoms with Gasteiger partial charge in [0.05, 0.1) is 5.56 Å². The number of hydrogen-bond acceptors (Lipinski definition) is 9. The van der Waals surface area contributed by atoms with Gasteiger partial charge in [0.15, 0.2) is 18.1 Å². The maximum atomic E-state index is 12.3. The van der Waals surface area contributed by atoms with E-state index in [1.807, 2.05) is 11.0 Å². The van der Waals surface area contributed by atoms with Crippen molar-refractivity contribution in [2.24, 2.45) is 5.73 Å². The Hall–Kier alpha value is -5.14. The number of hydrogen-bond donors (Lipinski definition) is 3. The number of alkyl halides is 6. The first-order valence-corrected chi connectivity index (χ1v) is 12.5. The van der Waals surface area contributed by atoms with Crippen LogP contribution in [-0.2, 0) is 14.3 Å². The molecular weight excluding hydrogens is 604 g/mol. The van der Waals surface area contributed by atoms with Crippen molar-refractivity contribution in [2.45, 2.75) is 25.2 Å². The van der Waals surface area contributed by atoms with Crippen molar-refractivity contribution in [3.8, 4) is 17.6 Å². The number of nitriles is 1. The normalized spacial score (nSPS) is 12.7. The summed E-state index contributed by atoms with van der Waals surface area (Å²) >= 11 is 0. The van der Waals surface area contributed by atoms with E-state index in [0.29, 0.717) is 28.5 Å². The van der Waals surface area contributed by atoms with Crippen LogP contribution in [0.2, 0.25) is 0 Å². The second-order valence-electron chi connectivity index (χ2n) is 8.78. The quantitative estimate of drug-likeness (QED) is 0.0881. The maximum Gasteiger partial charge on any atom is 0.458 e. The van der Waals surface area contributed by atoms with E-state index < -0.39 is 29.9 Å². The highest BCUT2D eigenvalue weighted by atomic mass is 19.4. The number of nitrogens with one attached hydrogen (secondary N) is 2. The molecule has 0 bridgehead atoms. The number of rotatable bonds is 10. The van der Waals surface area contributed by atoms with Crippen LogP contribution >= 0.6 is 0 Å². The Balaban J connectivity index is 0.000000477. The number of carbonyl (C=O) groups excluding carboxylic acids is 3. The molecule has 0 spiro atoms. The molecule has 4 N–H and O–H groups in total. The summed E-state index contributed by atoms with van der Waals surface area (Å²) in [7, 11) is 0. The highest BCUT2D eigenvalue weighted by Gasteiger charge is 2.54. The molecule has 1 saturated heterocycles. The Labute approximate surface area is 246 Å². The minimum atomic E-state index is -5.77. The molecular formula is C27H25F6N5O6. The average Bonchev–Trinajstić information content (AvgIpc) is 3.52. The molecule has 0 radical (unpaired) electrons. The average molecular weight is 630 g/mol. The summed E-state index contributed by atoms with van der Waals surface area (Å²) in [4.78, 5) is 33.6. The number of nitrogens with zero attached hydrogens (tertiary/aromatic N) is 2. The van der Waals surface area contributed by atoms with Crippen molar-refractivity contribution < 1.29 is 54.9 Å². The molecule has 1 aliphatic rings. The molecule has 0 atom stereocenters. The van der Waals surface area contributed by atoms with Gasteiger partial charge in [0.1, 0.15) is 31.0 Å². The second kappa shape index (κ2) is 15.4. The van der Waals surface area contributed by atoms with Crippen LogP contribution in [0.25, 0.3) is 0 Å². The van der Waals surface area contributed by atoms with Crippen LogP contribution in [0.5, 0.6) is 11.5 Å². The highest BCUT2D eigenvalue weighted by Crippen LogP contribution is 2.28. The molecule has 1 aliphatic heterocycles. The largest absolute Gasteiger partial charge is 0.486 e. The van der Waals surface area contributed by atoms with E-state index in [-0.39, 0.29) is 25.7 Å². The van der Waals surface area contributed by atoms with E-state index in [0.717, 1.165) is 31.5 Å². The van der Waals surface area contributed by atoms with Gasteiger partial charge in [-0.05, 0) is 43.2 Å². The van der Waals surface area contributed by atoms with Gasteiger partial charge in [0.2, 0.25) is 0 Å². The molecule has 2 aromatic rings. The SMILES string of the molecule is N#CCOc1ccc(C(=N)N)cc1OCCOC(=O)c1ccc(C(=N)N2CCCC2)cc1.O=C(C(=O)C(F)(F)F)C(F)(F)F. The van der Waals surface area contributed by atoms with Gasteiger partial charge in [0, 0.05) is 24.2 Å². The standard InChI is InChI=1S/C23H25N5O4.C4F6O2/c24-9-12-30-19-8-7-18(21(25)26)15-20(19)31-13-14-32-23(29)17-5-3-16(4-6-17)22(27)28-10-1-2-11-28;5-3(6,7)1(11)2(12)4(8,9)10/h3-8,15,27H,1-2,10-14H2,(H3,25,26);. The predicted molar refractivity (Wildman–Crippen MR) is 141 cm³/mol. The lowest BCUT2D eigenvalue weighted by atomic mass is 10.1. The van der Waals surface area contributed by atoms with Gasteiger partial charge in [-0.1, -0.05) is 12.1 Å². The molecule has 17 heteroatoms. The summed E-state index contributed by atoms with van der Waals surface area (Å²) in [5, 5.41) is 24.5.